The number of hydrogen-bond acceptors (Lipinski definition) is 7. The maximum Gasteiger partial charge on any atom is 0.239 e. The van der Waals surface area contributed by atoms with Gasteiger partial charge >= 0.3 is 0 Å². The summed E-state index contributed by atoms with van der Waals surface area (Å²) in [6.07, 6.45) is 1.49. The van der Waals surface area contributed by atoms with Crippen molar-refractivity contribution < 1.29 is 9.53 Å². The third-order valence-corrected chi connectivity index (χ3v) is 2.35. The monoisotopic (exact) mass is 265 g/mol. The molecule has 0 unspecified atom stereocenters. The first-order chi connectivity index (χ1) is 9.20. The maximum atomic E-state index is 11.5. The zero-order chi connectivity index (χ0) is 13.7. The first-order valence-corrected chi connectivity index (χ1v) is 5.67. The highest BCUT2D eigenvalue weighted by molar-refractivity contribution is 5.87. The van der Waals surface area contributed by atoms with E-state index < -0.39 is 0 Å². The van der Waals surface area contributed by atoms with Crippen molar-refractivity contribution in [3.63, 3.8) is 0 Å². The number of methoxy groups -OCH3 is 1. The fourth-order valence-electron chi connectivity index (χ4n) is 1.50. The van der Waals surface area contributed by atoms with Crippen LogP contribution in [0.2, 0.25) is 0 Å². The lowest BCUT2D eigenvalue weighted by Crippen LogP contribution is -2.32. The predicted molar refractivity (Wildman–Crippen MR) is 69.5 cm³/mol. The van der Waals surface area contributed by atoms with Gasteiger partial charge in [-0.05, 0) is 0 Å². The molecule has 9 heteroatoms. The molecule has 0 fully saturated rings. The first kappa shape index (κ1) is 13.0. The van der Waals surface area contributed by atoms with Crippen molar-refractivity contribution in [2.45, 2.75) is 0 Å². The smallest absolute Gasteiger partial charge is 0.239 e. The summed E-state index contributed by atoms with van der Waals surface area (Å²) in [6, 6.07) is 0. The molecule has 2 aromatic rings. The van der Waals surface area contributed by atoms with Crippen molar-refractivity contribution in [1.29, 1.82) is 0 Å². The number of ether oxygens (including phenoxy) is 1. The summed E-state index contributed by atoms with van der Waals surface area (Å²) in [4.78, 5) is 26.4. The minimum atomic E-state index is -0.165. The van der Waals surface area contributed by atoms with Crippen molar-refractivity contribution in [1.82, 2.24) is 25.3 Å². The Bertz CT molecular complexity index is 568. The number of amides is 1. The summed E-state index contributed by atoms with van der Waals surface area (Å²) >= 11 is 0. The number of rotatable bonds is 6. The van der Waals surface area contributed by atoms with E-state index in [1.807, 2.05) is 0 Å². The van der Waals surface area contributed by atoms with Crippen LogP contribution < -0.4 is 16.4 Å². The molecule has 0 radical (unpaired) electrons. The van der Waals surface area contributed by atoms with Gasteiger partial charge in [0.1, 0.15) is 5.52 Å². The Labute approximate surface area is 109 Å². The first-order valence-electron chi connectivity index (χ1n) is 5.67. The zero-order valence-corrected chi connectivity index (χ0v) is 10.4. The second kappa shape index (κ2) is 5.96. The number of imidazole rings is 1. The van der Waals surface area contributed by atoms with Gasteiger partial charge in [-0.1, -0.05) is 0 Å². The van der Waals surface area contributed by atoms with Gasteiger partial charge in [-0.3, -0.25) is 4.79 Å². The molecule has 0 saturated heterocycles. The molecule has 1 amide bonds. The third-order valence-electron chi connectivity index (χ3n) is 2.35. The van der Waals surface area contributed by atoms with Crippen LogP contribution in [0.3, 0.4) is 0 Å². The fraction of sp³-hybridized carbons (Fsp3) is 0.400. The summed E-state index contributed by atoms with van der Waals surface area (Å²) in [6.45, 7) is 1.01. The van der Waals surface area contributed by atoms with Crippen LogP contribution in [-0.4, -0.2) is 52.6 Å². The molecular formula is C10H15N7O2. The Morgan fingerprint density at radius 3 is 3.16 bits per heavy atom. The Morgan fingerprint density at radius 1 is 1.53 bits per heavy atom. The number of aromatic nitrogens is 4. The Balaban J connectivity index is 1.97. The lowest BCUT2D eigenvalue weighted by atomic mass is 10.4. The molecule has 5 N–H and O–H groups in total. The molecule has 0 atom stereocenters. The highest BCUT2D eigenvalue weighted by Gasteiger charge is 2.09. The Morgan fingerprint density at radius 2 is 2.37 bits per heavy atom. The molecule has 0 aliphatic heterocycles. The van der Waals surface area contributed by atoms with Crippen LogP contribution in [0.1, 0.15) is 0 Å². The molecule has 19 heavy (non-hydrogen) atoms. The summed E-state index contributed by atoms with van der Waals surface area (Å²) in [5, 5.41) is 5.57. The number of fused-ring (bicyclic) bond motifs is 1. The molecule has 102 valence electrons. The van der Waals surface area contributed by atoms with E-state index >= 15 is 0 Å². The minimum absolute atomic E-state index is 0.0777. The van der Waals surface area contributed by atoms with Crippen molar-refractivity contribution in [3.8, 4) is 0 Å². The molecule has 0 saturated carbocycles. The molecule has 0 aromatic carbocycles. The van der Waals surface area contributed by atoms with Gasteiger partial charge in [0.05, 0.1) is 19.5 Å². The number of aromatic amines is 1. The van der Waals surface area contributed by atoms with Gasteiger partial charge in [-0.15, -0.1) is 0 Å². The van der Waals surface area contributed by atoms with Gasteiger partial charge < -0.3 is 26.1 Å². The van der Waals surface area contributed by atoms with Crippen molar-refractivity contribution in [2.24, 2.45) is 0 Å². The Kier molecular flexibility index (Phi) is 4.08. The number of nitrogens with one attached hydrogen (secondary N) is 3. The SMILES string of the molecule is COCCNC(=O)CNc1nc(N)nc2nc[nH]c12. The molecule has 2 rings (SSSR count). The highest BCUT2D eigenvalue weighted by atomic mass is 16.5. The summed E-state index contributed by atoms with van der Waals surface area (Å²) in [5.41, 5.74) is 6.62. The molecule has 2 aromatic heterocycles. The van der Waals surface area contributed by atoms with E-state index in [9.17, 15) is 4.79 Å². The van der Waals surface area contributed by atoms with Gasteiger partial charge in [0, 0.05) is 13.7 Å². The lowest BCUT2D eigenvalue weighted by Gasteiger charge is -2.07. The highest BCUT2D eigenvalue weighted by Crippen LogP contribution is 2.16. The number of nitrogen functional groups attached to an aromatic ring is 1. The third kappa shape index (κ3) is 3.28. The molecule has 9 nitrogen and oxygen atoms in total. The van der Waals surface area contributed by atoms with Crippen molar-refractivity contribution >= 4 is 28.8 Å². The number of hydrogen-bond donors (Lipinski definition) is 4. The maximum absolute atomic E-state index is 11.5. The van der Waals surface area contributed by atoms with Crippen molar-refractivity contribution in [2.75, 3.05) is 37.9 Å². The molecule has 0 aliphatic carbocycles. The van der Waals surface area contributed by atoms with Crippen LogP contribution in [0.4, 0.5) is 11.8 Å². The van der Waals surface area contributed by atoms with Crippen molar-refractivity contribution in [3.05, 3.63) is 6.33 Å². The molecule has 0 bridgehead atoms. The van der Waals surface area contributed by atoms with Crippen LogP contribution in [0, 0.1) is 0 Å². The molecule has 0 aliphatic rings. The van der Waals surface area contributed by atoms with Gasteiger partial charge in [-0.25, -0.2) is 4.98 Å². The second-order valence-corrected chi connectivity index (χ2v) is 3.73. The van der Waals surface area contributed by atoms with Gasteiger partial charge in [0.15, 0.2) is 11.5 Å². The summed E-state index contributed by atoms with van der Waals surface area (Å²) < 4.78 is 4.83. The number of nitrogens with two attached hydrogens (primary N) is 1. The average molecular weight is 265 g/mol. The van der Waals surface area contributed by atoms with E-state index in [4.69, 9.17) is 10.5 Å². The van der Waals surface area contributed by atoms with E-state index in [1.54, 1.807) is 7.11 Å². The molecule has 0 spiro atoms. The number of nitrogens with zero attached hydrogens (tertiary/aromatic N) is 3. The van der Waals surface area contributed by atoms with Crippen LogP contribution >= 0.6 is 0 Å². The summed E-state index contributed by atoms with van der Waals surface area (Å²) in [7, 11) is 1.57. The fourth-order valence-corrected chi connectivity index (χ4v) is 1.50. The number of carbonyl (C=O) groups is 1. The second-order valence-electron chi connectivity index (χ2n) is 3.73. The Hall–Kier alpha value is -2.42. The number of H-pyrrole nitrogens is 1. The van der Waals surface area contributed by atoms with E-state index in [1.165, 1.54) is 6.33 Å². The standard InChI is InChI=1S/C10H15N7O2/c1-19-3-2-12-6(18)4-13-8-7-9(15-5-14-7)17-10(11)16-8/h5H,2-4H2,1H3,(H,12,18)(H4,11,13,14,15,16,17). The van der Waals surface area contributed by atoms with E-state index in [0.717, 1.165) is 0 Å². The predicted octanol–water partition coefficient (Wildman–Crippen LogP) is -0.890. The van der Waals surface area contributed by atoms with Gasteiger partial charge in [0.2, 0.25) is 11.9 Å². The van der Waals surface area contributed by atoms with Gasteiger partial charge in [0.25, 0.3) is 0 Å². The van der Waals surface area contributed by atoms with Crippen LogP contribution in [0.5, 0.6) is 0 Å². The van der Waals surface area contributed by atoms with Crippen LogP contribution in [0.25, 0.3) is 11.2 Å². The number of anilines is 2. The van der Waals surface area contributed by atoms with Crippen LogP contribution in [-0.2, 0) is 9.53 Å². The van der Waals surface area contributed by atoms with E-state index in [0.29, 0.717) is 30.1 Å². The van der Waals surface area contributed by atoms with E-state index in [-0.39, 0.29) is 18.4 Å². The van der Waals surface area contributed by atoms with E-state index in [2.05, 4.69) is 30.6 Å². The zero-order valence-electron chi connectivity index (χ0n) is 10.4. The van der Waals surface area contributed by atoms with Crippen LogP contribution in [0.15, 0.2) is 6.33 Å². The topological polar surface area (TPSA) is 131 Å². The summed E-state index contributed by atoms with van der Waals surface area (Å²) in [5.74, 6) is 0.380. The average Bonchev–Trinajstić information content (AvgIpc) is 2.84. The van der Waals surface area contributed by atoms with Gasteiger partial charge in [-0.2, -0.15) is 9.97 Å². The normalized spacial score (nSPS) is 10.6. The molecular weight excluding hydrogens is 250 g/mol. The molecule has 2 heterocycles. The quantitative estimate of drug-likeness (QED) is 0.498. The largest absolute Gasteiger partial charge is 0.383 e. The minimum Gasteiger partial charge on any atom is -0.383 e. The lowest BCUT2D eigenvalue weighted by molar-refractivity contribution is -0.119. The number of carbonyl (C=O) groups excluding carboxylic acids is 1.